The van der Waals surface area contributed by atoms with E-state index in [2.05, 4.69) is 29.2 Å². The molecule has 0 aromatic heterocycles. The van der Waals surface area contributed by atoms with E-state index in [1.165, 1.54) is 11.3 Å². The van der Waals surface area contributed by atoms with Crippen molar-refractivity contribution in [3.05, 3.63) is 29.8 Å². The van der Waals surface area contributed by atoms with Crippen molar-refractivity contribution in [2.45, 2.75) is 6.54 Å². The number of hydrogen-bond acceptors (Lipinski definition) is 4. The van der Waals surface area contributed by atoms with E-state index in [-0.39, 0.29) is 5.91 Å². The van der Waals surface area contributed by atoms with Gasteiger partial charge in [-0.1, -0.05) is 12.1 Å². The second-order valence-electron chi connectivity index (χ2n) is 4.95. The second kappa shape index (κ2) is 7.55. The molecule has 1 amide bonds. The van der Waals surface area contributed by atoms with E-state index in [1.807, 2.05) is 13.3 Å². The van der Waals surface area contributed by atoms with E-state index >= 15 is 0 Å². The van der Waals surface area contributed by atoms with Crippen LogP contribution >= 0.6 is 11.8 Å². The molecular formula is C15H22N2O2S. The molecule has 5 heteroatoms. The molecule has 2 rings (SSSR count). The Bertz CT molecular complexity index is 430. The lowest BCUT2D eigenvalue weighted by atomic mass is 10.2. The summed E-state index contributed by atoms with van der Waals surface area (Å²) in [5.74, 6) is 0.720. The molecule has 4 nitrogen and oxygen atoms in total. The van der Waals surface area contributed by atoms with Crippen LogP contribution in [0.5, 0.6) is 0 Å². The van der Waals surface area contributed by atoms with Crippen molar-refractivity contribution in [2.24, 2.45) is 0 Å². The predicted octanol–water partition coefficient (Wildman–Crippen LogP) is 1.84. The number of ether oxygens (including phenoxy) is 1. The molecular weight excluding hydrogens is 272 g/mol. The molecule has 0 saturated carbocycles. The Balaban J connectivity index is 1.92. The normalized spacial score (nSPS) is 15.2. The maximum Gasteiger partial charge on any atom is 0.232 e. The average Bonchev–Trinajstić information content (AvgIpc) is 2.49. The van der Waals surface area contributed by atoms with E-state index in [1.54, 1.807) is 16.7 Å². The fourth-order valence-corrected chi connectivity index (χ4v) is 2.70. The van der Waals surface area contributed by atoms with E-state index in [0.717, 1.165) is 26.3 Å². The largest absolute Gasteiger partial charge is 0.378 e. The molecule has 0 N–H and O–H groups in total. The van der Waals surface area contributed by atoms with E-state index in [4.69, 9.17) is 4.74 Å². The molecule has 1 fully saturated rings. The van der Waals surface area contributed by atoms with Crippen LogP contribution in [0.3, 0.4) is 0 Å². The van der Waals surface area contributed by atoms with Gasteiger partial charge in [0.2, 0.25) is 5.91 Å². The lowest BCUT2D eigenvalue weighted by molar-refractivity contribution is -0.127. The fourth-order valence-electron chi connectivity index (χ4n) is 2.23. The summed E-state index contributed by atoms with van der Waals surface area (Å²) in [5.41, 5.74) is 2.40. The van der Waals surface area contributed by atoms with Crippen LogP contribution in [-0.2, 0) is 16.1 Å². The molecule has 1 saturated heterocycles. The number of carbonyl (C=O) groups excluding carboxylic acids is 1. The lowest BCUT2D eigenvalue weighted by Crippen LogP contribution is -2.36. The summed E-state index contributed by atoms with van der Waals surface area (Å²) in [6, 6.07) is 8.47. The Morgan fingerprint density at radius 1 is 1.30 bits per heavy atom. The molecule has 1 aromatic rings. The standard InChI is InChI=1S/C15H22N2O2S/c1-16(15(18)12-20-2)11-13-3-5-14(6-4-13)17-7-9-19-10-8-17/h3-6H,7-12H2,1-2H3. The zero-order chi connectivity index (χ0) is 14.4. The number of rotatable bonds is 5. The molecule has 0 unspecified atom stereocenters. The minimum atomic E-state index is 0.176. The van der Waals surface area contributed by atoms with Crippen molar-refractivity contribution >= 4 is 23.4 Å². The van der Waals surface area contributed by atoms with Crippen molar-refractivity contribution in [1.29, 1.82) is 0 Å². The van der Waals surface area contributed by atoms with Crippen LogP contribution in [0, 0.1) is 0 Å². The van der Waals surface area contributed by atoms with Gasteiger partial charge in [0.25, 0.3) is 0 Å². The first-order chi connectivity index (χ1) is 9.70. The average molecular weight is 294 g/mol. The van der Waals surface area contributed by atoms with Gasteiger partial charge in [0.05, 0.1) is 19.0 Å². The summed E-state index contributed by atoms with van der Waals surface area (Å²) < 4.78 is 5.36. The molecule has 0 aliphatic carbocycles. The van der Waals surface area contributed by atoms with Crippen LogP contribution in [0.15, 0.2) is 24.3 Å². The van der Waals surface area contributed by atoms with Crippen molar-refractivity contribution < 1.29 is 9.53 Å². The van der Waals surface area contributed by atoms with Crippen LogP contribution in [0.2, 0.25) is 0 Å². The van der Waals surface area contributed by atoms with Gasteiger partial charge in [-0.15, -0.1) is 0 Å². The van der Waals surface area contributed by atoms with Crippen molar-refractivity contribution in [3.8, 4) is 0 Å². The molecule has 1 aliphatic heterocycles. The van der Waals surface area contributed by atoms with Gasteiger partial charge in [0.15, 0.2) is 0 Å². The van der Waals surface area contributed by atoms with Gasteiger partial charge in [-0.2, -0.15) is 11.8 Å². The number of amides is 1. The summed E-state index contributed by atoms with van der Waals surface area (Å²) in [6.07, 6.45) is 1.95. The van der Waals surface area contributed by atoms with E-state index in [9.17, 15) is 4.79 Å². The zero-order valence-electron chi connectivity index (χ0n) is 12.2. The highest BCUT2D eigenvalue weighted by Gasteiger charge is 2.12. The van der Waals surface area contributed by atoms with Gasteiger partial charge in [-0.05, 0) is 24.0 Å². The highest BCUT2D eigenvalue weighted by Crippen LogP contribution is 2.17. The molecule has 110 valence electrons. The smallest absolute Gasteiger partial charge is 0.232 e. The summed E-state index contributed by atoms with van der Waals surface area (Å²) >= 11 is 1.56. The first-order valence-corrected chi connectivity index (χ1v) is 8.24. The molecule has 0 radical (unpaired) electrons. The molecule has 0 spiro atoms. The second-order valence-corrected chi connectivity index (χ2v) is 5.81. The summed E-state index contributed by atoms with van der Waals surface area (Å²) in [5, 5.41) is 0. The topological polar surface area (TPSA) is 32.8 Å². The number of carbonyl (C=O) groups is 1. The third kappa shape index (κ3) is 4.15. The summed E-state index contributed by atoms with van der Waals surface area (Å²) in [7, 11) is 1.86. The van der Waals surface area contributed by atoms with Crippen LogP contribution in [0.25, 0.3) is 0 Å². The molecule has 0 atom stereocenters. The zero-order valence-corrected chi connectivity index (χ0v) is 13.0. The summed E-state index contributed by atoms with van der Waals surface area (Å²) in [4.78, 5) is 15.9. The van der Waals surface area contributed by atoms with Crippen LogP contribution in [0.1, 0.15) is 5.56 Å². The number of thioether (sulfide) groups is 1. The SMILES string of the molecule is CSCC(=O)N(C)Cc1ccc(N2CCOCC2)cc1. The fraction of sp³-hybridized carbons (Fsp3) is 0.533. The first kappa shape index (κ1) is 15.2. The van der Waals surface area contributed by atoms with E-state index in [0.29, 0.717) is 12.3 Å². The Hall–Kier alpha value is -1.20. The van der Waals surface area contributed by atoms with Crippen molar-refractivity contribution in [1.82, 2.24) is 4.90 Å². The number of nitrogens with zero attached hydrogens (tertiary/aromatic N) is 2. The van der Waals surface area contributed by atoms with Gasteiger partial charge in [-0.25, -0.2) is 0 Å². The maximum absolute atomic E-state index is 11.7. The minimum absolute atomic E-state index is 0.176. The monoisotopic (exact) mass is 294 g/mol. The highest BCUT2D eigenvalue weighted by atomic mass is 32.2. The Morgan fingerprint density at radius 3 is 2.55 bits per heavy atom. The predicted molar refractivity (Wildman–Crippen MR) is 84.3 cm³/mol. The molecule has 0 bridgehead atoms. The maximum atomic E-state index is 11.7. The number of morpholine rings is 1. The lowest BCUT2D eigenvalue weighted by Gasteiger charge is -2.29. The molecule has 1 heterocycles. The first-order valence-electron chi connectivity index (χ1n) is 6.85. The van der Waals surface area contributed by atoms with Crippen molar-refractivity contribution in [3.63, 3.8) is 0 Å². The number of benzene rings is 1. The molecule has 20 heavy (non-hydrogen) atoms. The van der Waals surface area contributed by atoms with Gasteiger partial charge < -0.3 is 14.5 Å². The van der Waals surface area contributed by atoms with Gasteiger partial charge in [0, 0.05) is 32.4 Å². The number of anilines is 1. The molecule has 1 aromatic carbocycles. The highest BCUT2D eigenvalue weighted by molar-refractivity contribution is 7.99. The Labute approximate surface area is 125 Å². The quantitative estimate of drug-likeness (QED) is 0.830. The third-order valence-corrected chi connectivity index (χ3v) is 3.96. The van der Waals surface area contributed by atoms with Gasteiger partial charge in [0.1, 0.15) is 0 Å². The Morgan fingerprint density at radius 2 is 1.95 bits per heavy atom. The minimum Gasteiger partial charge on any atom is -0.378 e. The molecule has 1 aliphatic rings. The number of hydrogen-bond donors (Lipinski definition) is 0. The van der Waals surface area contributed by atoms with Gasteiger partial charge >= 0.3 is 0 Å². The van der Waals surface area contributed by atoms with Crippen LogP contribution in [0.4, 0.5) is 5.69 Å². The van der Waals surface area contributed by atoms with E-state index < -0.39 is 0 Å². The van der Waals surface area contributed by atoms with Crippen LogP contribution < -0.4 is 4.90 Å². The third-order valence-electron chi connectivity index (χ3n) is 3.43. The van der Waals surface area contributed by atoms with Crippen LogP contribution in [-0.4, -0.2) is 56.2 Å². The Kier molecular flexibility index (Phi) is 5.73. The van der Waals surface area contributed by atoms with Gasteiger partial charge in [-0.3, -0.25) is 4.79 Å². The summed E-state index contributed by atoms with van der Waals surface area (Å²) in [6.45, 7) is 4.17. The van der Waals surface area contributed by atoms with Crippen molar-refractivity contribution in [2.75, 3.05) is 50.3 Å².